The van der Waals surface area contributed by atoms with Crippen molar-refractivity contribution in [2.75, 3.05) is 25.4 Å². The molecule has 0 atom stereocenters. The van der Waals surface area contributed by atoms with Gasteiger partial charge in [0, 0.05) is 18.8 Å². The van der Waals surface area contributed by atoms with Gasteiger partial charge in [-0.25, -0.2) is 0 Å². The van der Waals surface area contributed by atoms with Crippen molar-refractivity contribution in [3.63, 3.8) is 0 Å². The summed E-state index contributed by atoms with van der Waals surface area (Å²) < 4.78 is 0. The van der Waals surface area contributed by atoms with Crippen LogP contribution in [-0.2, 0) is 6.54 Å². The van der Waals surface area contributed by atoms with Crippen LogP contribution in [0.1, 0.15) is 38.2 Å². The van der Waals surface area contributed by atoms with Gasteiger partial charge < -0.3 is 10.8 Å². The number of para-hydroxylation sites is 1. The zero-order valence-corrected chi connectivity index (χ0v) is 11.4. The minimum atomic E-state index is 0.305. The third-order valence-corrected chi connectivity index (χ3v) is 3.12. The standard InChI is InChI=1S/C15H26N2O/c1-2-10-17(11-6-3-7-12-18)13-14-8-4-5-9-15(14)16/h4-5,8-9,18H,2-3,6-7,10-13,16H2,1H3. The Labute approximate surface area is 111 Å². The van der Waals surface area contributed by atoms with E-state index in [1.807, 2.05) is 18.2 Å². The number of anilines is 1. The smallest absolute Gasteiger partial charge is 0.0431 e. The average Bonchev–Trinajstić information content (AvgIpc) is 2.37. The summed E-state index contributed by atoms with van der Waals surface area (Å²) in [5, 5.41) is 8.78. The molecule has 0 aliphatic carbocycles. The first-order valence-corrected chi connectivity index (χ1v) is 6.94. The molecule has 18 heavy (non-hydrogen) atoms. The average molecular weight is 250 g/mol. The Hall–Kier alpha value is -1.06. The number of nitrogens with zero attached hydrogens (tertiary/aromatic N) is 1. The number of aliphatic hydroxyl groups excluding tert-OH is 1. The molecule has 0 spiro atoms. The molecule has 0 radical (unpaired) electrons. The number of unbranched alkanes of at least 4 members (excludes halogenated alkanes) is 2. The minimum absolute atomic E-state index is 0.305. The topological polar surface area (TPSA) is 49.5 Å². The maximum atomic E-state index is 8.78. The second-order valence-corrected chi connectivity index (χ2v) is 4.76. The molecule has 0 fully saturated rings. The molecule has 0 heterocycles. The van der Waals surface area contributed by atoms with Gasteiger partial charge in [0.25, 0.3) is 0 Å². The molecule has 1 aromatic carbocycles. The number of benzene rings is 1. The SMILES string of the molecule is CCCN(CCCCCO)Cc1ccccc1N. The zero-order valence-electron chi connectivity index (χ0n) is 11.4. The maximum Gasteiger partial charge on any atom is 0.0431 e. The van der Waals surface area contributed by atoms with Gasteiger partial charge in [-0.05, 0) is 50.4 Å². The Morgan fingerprint density at radius 2 is 1.89 bits per heavy atom. The van der Waals surface area contributed by atoms with Crippen molar-refractivity contribution in [1.82, 2.24) is 4.90 Å². The van der Waals surface area contributed by atoms with Crippen molar-refractivity contribution >= 4 is 5.69 Å². The molecule has 0 aromatic heterocycles. The van der Waals surface area contributed by atoms with Crippen molar-refractivity contribution in [3.05, 3.63) is 29.8 Å². The number of aliphatic hydroxyl groups is 1. The predicted molar refractivity (Wildman–Crippen MR) is 77.4 cm³/mol. The number of rotatable bonds is 9. The highest BCUT2D eigenvalue weighted by Crippen LogP contribution is 2.14. The van der Waals surface area contributed by atoms with Gasteiger partial charge in [-0.15, -0.1) is 0 Å². The molecule has 1 aromatic rings. The van der Waals surface area contributed by atoms with Crippen molar-refractivity contribution < 1.29 is 5.11 Å². The van der Waals surface area contributed by atoms with Gasteiger partial charge in [-0.2, -0.15) is 0 Å². The van der Waals surface area contributed by atoms with Gasteiger partial charge in [0.1, 0.15) is 0 Å². The fourth-order valence-corrected chi connectivity index (χ4v) is 2.13. The quantitative estimate of drug-likeness (QED) is 0.523. The second kappa shape index (κ2) is 8.95. The van der Waals surface area contributed by atoms with Crippen LogP contribution < -0.4 is 5.73 Å². The molecule has 1 rings (SSSR count). The lowest BCUT2D eigenvalue weighted by molar-refractivity contribution is 0.247. The molecule has 0 bridgehead atoms. The van der Waals surface area contributed by atoms with E-state index in [0.29, 0.717) is 6.61 Å². The van der Waals surface area contributed by atoms with Crippen LogP contribution in [0.2, 0.25) is 0 Å². The van der Waals surface area contributed by atoms with Gasteiger partial charge in [0.2, 0.25) is 0 Å². The van der Waals surface area contributed by atoms with Crippen LogP contribution in [0.25, 0.3) is 0 Å². The van der Waals surface area contributed by atoms with Gasteiger partial charge in [-0.1, -0.05) is 25.1 Å². The molecule has 3 heteroatoms. The first kappa shape index (κ1) is 15.0. The molecule has 3 nitrogen and oxygen atoms in total. The molecular weight excluding hydrogens is 224 g/mol. The van der Waals surface area contributed by atoms with Gasteiger partial charge in [0.05, 0.1) is 0 Å². The van der Waals surface area contributed by atoms with Crippen LogP contribution in [-0.4, -0.2) is 29.7 Å². The Morgan fingerprint density at radius 1 is 1.11 bits per heavy atom. The van der Waals surface area contributed by atoms with Crippen LogP contribution in [0.5, 0.6) is 0 Å². The van der Waals surface area contributed by atoms with E-state index in [2.05, 4.69) is 17.9 Å². The van der Waals surface area contributed by atoms with E-state index >= 15 is 0 Å². The lowest BCUT2D eigenvalue weighted by atomic mass is 10.1. The second-order valence-electron chi connectivity index (χ2n) is 4.76. The van der Waals surface area contributed by atoms with E-state index in [0.717, 1.165) is 51.0 Å². The molecule has 102 valence electrons. The predicted octanol–water partition coefficient (Wildman–Crippen LogP) is 2.64. The van der Waals surface area contributed by atoms with Crippen molar-refractivity contribution in [1.29, 1.82) is 0 Å². The molecule has 0 unspecified atom stereocenters. The van der Waals surface area contributed by atoms with E-state index in [1.54, 1.807) is 0 Å². The fraction of sp³-hybridized carbons (Fsp3) is 0.600. The monoisotopic (exact) mass is 250 g/mol. The molecule has 0 amide bonds. The summed E-state index contributed by atoms with van der Waals surface area (Å²) in [6, 6.07) is 8.09. The van der Waals surface area contributed by atoms with Gasteiger partial charge in [-0.3, -0.25) is 4.90 Å². The summed E-state index contributed by atoms with van der Waals surface area (Å²) in [5.41, 5.74) is 8.08. The Bertz CT molecular complexity index is 328. The van der Waals surface area contributed by atoms with E-state index in [-0.39, 0.29) is 0 Å². The van der Waals surface area contributed by atoms with Crippen molar-refractivity contribution in [3.8, 4) is 0 Å². The third kappa shape index (κ3) is 5.52. The first-order valence-electron chi connectivity index (χ1n) is 6.94. The lowest BCUT2D eigenvalue weighted by Gasteiger charge is -2.22. The molecular formula is C15H26N2O. The lowest BCUT2D eigenvalue weighted by Crippen LogP contribution is -2.25. The Morgan fingerprint density at radius 3 is 2.56 bits per heavy atom. The summed E-state index contributed by atoms with van der Waals surface area (Å²) >= 11 is 0. The molecule has 3 N–H and O–H groups in total. The van der Waals surface area contributed by atoms with Crippen LogP contribution in [0.3, 0.4) is 0 Å². The van der Waals surface area contributed by atoms with E-state index in [4.69, 9.17) is 10.8 Å². The number of hydrogen-bond donors (Lipinski definition) is 2. The first-order chi connectivity index (χ1) is 8.77. The zero-order chi connectivity index (χ0) is 13.2. The Balaban J connectivity index is 2.44. The Kier molecular flexibility index (Phi) is 7.46. The van der Waals surface area contributed by atoms with Crippen LogP contribution in [0.4, 0.5) is 5.69 Å². The highest BCUT2D eigenvalue weighted by Gasteiger charge is 2.06. The van der Waals surface area contributed by atoms with Gasteiger partial charge in [0.15, 0.2) is 0 Å². The molecule has 0 saturated carbocycles. The van der Waals surface area contributed by atoms with Crippen LogP contribution in [0, 0.1) is 0 Å². The van der Waals surface area contributed by atoms with E-state index in [1.165, 1.54) is 5.56 Å². The highest BCUT2D eigenvalue weighted by atomic mass is 16.2. The molecule has 0 aliphatic rings. The fourth-order valence-electron chi connectivity index (χ4n) is 2.13. The molecule has 0 saturated heterocycles. The summed E-state index contributed by atoms with van der Waals surface area (Å²) in [5.74, 6) is 0. The number of nitrogen functional groups attached to an aromatic ring is 1. The number of hydrogen-bond acceptors (Lipinski definition) is 3. The number of nitrogens with two attached hydrogens (primary N) is 1. The van der Waals surface area contributed by atoms with Crippen molar-refractivity contribution in [2.45, 2.75) is 39.2 Å². The maximum absolute atomic E-state index is 8.78. The van der Waals surface area contributed by atoms with E-state index < -0.39 is 0 Å². The summed E-state index contributed by atoms with van der Waals surface area (Å²) in [6.45, 7) is 5.63. The summed E-state index contributed by atoms with van der Waals surface area (Å²) in [4.78, 5) is 2.45. The largest absolute Gasteiger partial charge is 0.398 e. The molecule has 0 aliphatic heterocycles. The van der Waals surface area contributed by atoms with Crippen LogP contribution >= 0.6 is 0 Å². The highest BCUT2D eigenvalue weighted by molar-refractivity contribution is 5.46. The van der Waals surface area contributed by atoms with E-state index in [9.17, 15) is 0 Å². The van der Waals surface area contributed by atoms with Crippen LogP contribution in [0.15, 0.2) is 24.3 Å². The summed E-state index contributed by atoms with van der Waals surface area (Å²) in [7, 11) is 0. The third-order valence-electron chi connectivity index (χ3n) is 3.12. The van der Waals surface area contributed by atoms with Gasteiger partial charge >= 0.3 is 0 Å². The minimum Gasteiger partial charge on any atom is -0.398 e. The summed E-state index contributed by atoms with van der Waals surface area (Å²) in [6.07, 6.45) is 4.31. The van der Waals surface area contributed by atoms with Crippen molar-refractivity contribution in [2.24, 2.45) is 0 Å². The normalized spacial score (nSPS) is 11.1.